The van der Waals surface area contributed by atoms with Crippen molar-refractivity contribution in [3.8, 4) is 5.75 Å². The highest BCUT2D eigenvalue weighted by Crippen LogP contribution is 2.29. The number of sulfonamides is 1. The highest BCUT2D eigenvalue weighted by molar-refractivity contribution is 7.89. The Morgan fingerprint density at radius 2 is 1.79 bits per heavy atom. The number of nitrogens with one attached hydrogen (secondary N) is 2. The van der Waals surface area contributed by atoms with Crippen molar-refractivity contribution in [1.29, 1.82) is 0 Å². The number of hydrogen-bond acceptors (Lipinski definition) is 4. The molecule has 6 nitrogen and oxygen atoms in total. The van der Waals surface area contributed by atoms with Gasteiger partial charge in [0.2, 0.25) is 15.9 Å². The molecule has 0 aliphatic heterocycles. The predicted molar refractivity (Wildman–Crippen MR) is 132 cm³/mol. The standard InChI is InChI=1S/C27H30N2O4S/c1-19-17-22(15-16-26(19)33-2)34(31,32)29-25(18-20-9-4-3-5-10-20)27(30)28-24-14-8-12-21-11-6-7-13-23(21)24/h3-7,9-11,13,15-17,24-25,29H,8,12,14,18H2,1-2H3,(H,28,30)/t24-,25+/m0/s1. The Bertz CT molecular complexity index is 1260. The molecular weight excluding hydrogens is 448 g/mol. The lowest BCUT2D eigenvalue weighted by molar-refractivity contribution is -0.123. The van der Waals surface area contributed by atoms with Crippen LogP contribution in [0.3, 0.4) is 0 Å². The lowest BCUT2D eigenvalue weighted by Gasteiger charge is -2.28. The van der Waals surface area contributed by atoms with Gasteiger partial charge >= 0.3 is 0 Å². The Hall–Kier alpha value is -3.16. The number of fused-ring (bicyclic) bond motifs is 1. The van der Waals surface area contributed by atoms with E-state index in [9.17, 15) is 13.2 Å². The van der Waals surface area contributed by atoms with Crippen LogP contribution >= 0.6 is 0 Å². The first-order valence-corrected chi connectivity index (χ1v) is 12.9. The Labute approximate surface area is 201 Å². The van der Waals surface area contributed by atoms with Crippen LogP contribution in [0, 0.1) is 6.92 Å². The second-order valence-electron chi connectivity index (χ2n) is 8.65. The van der Waals surface area contributed by atoms with Gasteiger partial charge in [0.15, 0.2) is 0 Å². The summed E-state index contributed by atoms with van der Waals surface area (Å²) in [6.07, 6.45) is 3.03. The number of hydrogen-bond donors (Lipinski definition) is 2. The number of rotatable bonds is 8. The van der Waals surface area contributed by atoms with Gasteiger partial charge in [0.1, 0.15) is 11.8 Å². The summed E-state index contributed by atoms with van der Waals surface area (Å²) < 4.78 is 34.4. The van der Waals surface area contributed by atoms with E-state index in [0.29, 0.717) is 11.3 Å². The average molecular weight is 479 g/mol. The van der Waals surface area contributed by atoms with Crippen molar-refractivity contribution >= 4 is 15.9 Å². The largest absolute Gasteiger partial charge is 0.496 e. The molecule has 1 aliphatic carbocycles. The number of amides is 1. The number of carbonyl (C=O) groups excluding carboxylic acids is 1. The van der Waals surface area contributed by atoms with Crippen molar-refractivity contribution in [3.63, 3.8) is 0 Å². The second-order valence-corrected chi connectivity index (χ2v) is 10.4. The third-order valence-electron chi connectivity index (χ3n) is 6.26. The molecule has 1 aliphatic rings. The highest BCUT2D eigenvalue weighted by atomic mass is 32.2. The number of ether oxygens (including phenoxy) is 1. The average Bonchev–Trinajstić information content (AvgIpc) is 2.84. The zero-order chi connectivity index (χ0) is 24.1. The minimum absolute atomic E-state index is 0.0969. The maximum atomic E-state index is 13.4. The van der Waals surface area contributed by atoms with Crippen LogP contribution in [0.25, 0.3) is 0 Å². The van der Waals surface area contributed by atoms with E-state index in [2.05, 4.69) is 16.1 Å². The molecule has 7 heteroatoms. The summed E-state index contributed by atoms with van der Waals surface area (Å²) in [6, 6.07) is 21.1. The van der Waals surface area contributed by atoms with Crippen molar-refractivity contribution in [2.24, 2.45) is 0 Å². The smallest absolute Gasteiger partial charge is 0.241 e. The van der Waals surface area contributed by atoms with Crippen LogP contribution in [0.15, 0.2) is 77.7 Å². The highest BCUT2D eigenvalue weighted by Gasteiger charge is 2.29. The minimum atomic E-state index is -3.94. The third kappa shape index (κ3) is 5.48. The van der Waals surface area contributed by atoms with Gasteiger partial charge in [0.25, 0.3) is 0 Å². The van der Waals surface area contributed by atoms with Gasteiger partial charge < -0.3 is 10.1 Å². The van der Waals surface area contributed by atoms with E-state index in [1.54, 1.807) is 26.2 Å². The van der Waals surface area contributed by atoms with Crippen LogP contribution in [0.2, 0.25) is 0 Å². The fourth-order valence-corrected chi connectivity index (χ4v) is 5.77. The fourth-order valence-electron chi connectivity index (χ4n) is 4.49. The van der Waals surface area contributed by atoms with E-state index in [1.165, 1.54) is 11.6 Å². The van der Waals surface area contributed by atoms with Gasteiger partial charge in [0, 0.05) is 0 Å². The molecule has 0 heterocycles. The zero-order valence-corrected chi connectivity index (χ0v) is 20.3. The normalized spacial score (nSPS) is 16.4. The Kier molecular flexibility index (Phi) is 7.34. The van der Waals surface area contributed by atoms with Crippen LogP contribution in [0.4, 0.5) is 0 Å². The molecule has 34 heavy (non-hydrogen) atoms. The Balaban J connectivity index is 1.59. The molecule has 3 aromatic rings. The molecule has 0 fully saturated rings. The van der Waals surface area contributed by atoms with Gasteiger partial charge in [0.05, 0.1) is 18.0 Å². The van der Waals surface area contributed by atoms with E-state index in [4.69, 9.17) is 4.74 Å². The molecule has 0 aromatic heterocycles. The lowest BCUT2D eigenvalue weighted by atomic mass is 9.87. The number of benzene rings is 3. The maximum absolute atomic E-state index is 13.4. The van der Waals surface area contributed by atoms with E-state index in [1.807, 2.05) is 48.5 Å². The van der Waals surface area contributed by atoms with Crippen LogP contribution in [0.5, 0.6) is 5.75 Å². The first-order valence-electron chi connectivity index (χ1n) is 11.5. The molecule has 0 bridgehead atoms. The lowest BCUT2D eigenvalue weighted by Crippen LogP contribution is -2.49. The maximum Gasteiger partial charge on any atom is 0.241 e. The van der Waals surface area contributed by atoms with Gasteiger partial charge in [-0.15, -0.1) is 0 Å². The fraction of sp³-hybridized carbons (Fsp3) is 0.296. The Morgan fingerprint density at radius 1 is 1.06 bits per heavy atom. The molecule has 1 amide bonds. The SMILES string of the molecule is COc1ccc(S(=O)(=O)N[C@H](Cc2ccccc2)C(=O)N[C@H]2CCCc3ccccc32)cc1C. The van der Waals surface area contributed by atoms with Gasteiger partial charge in [-0.2, -0.15) is 4.72 Å². The molecule has 0 saturated heterocycles. The van der Waals surface area contributed by atoms with E-state index < -0.39 is 16.1 Å². The van der Waals surface area contributed by atoms with Gasteiger partial charge in [-0.05, 0) is 73.1 Å². The van der Waals surface area contributed by atoms with Crippen LogP contribution in [-0.4, -0.2) is 27.5 Å². The quantitative estimate of drug-likeness (QED) is 0.511. The molecule has 0 unspecified atom stereocenters. The molecule has 0 spiro atoms. The van der Waals surface area contributed by atoms with Crippen LogP contribution in [0.1, 0.15) is 41.1 Å². The molecule has 2 N–H and O–H groups in total. The van der Waals surface area contributed by atoms with Crippen molar-refractivity contribution in [3.05, 3.63) is 95.1 Å². The van der Waals surface area contributed by atoms with Crippen molar-refractivity contribution < 1.29 is 17.9 Å². The summed E-state index contributed by atoms with van der Waals surface area (Å²) in [5, 5.41) is 3.11. The Morgan fingerprint density at radius 3 is 2.53 bits per heavy atom. The predicted octanol–water partition coefficient (Wildman–Crippen LogP) is 4.09. The zero-order valence-electron chi connectivity index (χ0n) is 19.5. The molecule has 0 radical (unpaired) electrons. The first kappa shape index (κ1) is 24.0. The van der Waals surface area contributed by atoms with Crippen molar-refractivity contribution in [2.45, 2.75) is 49.6 Å². The molecule has 2 atom stereocenters. The molecule has 0 saturated carbocycles. The number of aryl methyl sites for hydroxylation is 2. The summed E-state index contributed by atoms with van der Waals surface area (Å²) in [4.78, 5) is 13.5. The second kappa shape index (κ2) is 10.4. The van der Waals surface area contributed by atoms with Gasteiger partial charge in [-0.25, -0.2) is 8.42 Å². The molecule has 3 aromatic carbocycles. The van der Waals surface area contributed by atoms with Gasteiger partial charge in [-0.3, -0.25) is 4.79 Å². The molecular formula is C27H30N2O4S. The number of methoxy groups -OCH3 is 1. The monoisotopic (exact) mass is 478 g/mol. The van der Waals surface area contributed by atoms with E-state index >= 15 is 0 Å². The van der Waals surface area contributed by atoms with Crippen molar-refractivity contribution in [2.75, 3.05) is 7.11 Å². The van der Waals surface area contributed by atoms with E-state index in [0.717, 1.165) is 30.4 Å². The van der Waals surface area contributed by atoms with E-state index in [-0.39, 0.29) is 23.3 Å². The third-order valence-corrected chi connectivity index (χ3v) is 7.73. The molecule has 4 rings (SSSR count). The minimum Gasteiger partial charge on any atom is -0.496 e. The summed E-state index contributed by atoms with van der Waals surface area (Å²) in [5.41, 5.74) is 3.91. The summed E-state index contributed by atoms with van der Waals surface area (Å²) >= 11 is 0. The topological polar surface area (TPSA) is 84.5 Å². The summed E-state index contributed by atoms with van der Waals surface area (Å²) in [5.74, 6) is 0.271. The summed E-state index contributed by atoms with van der Waals surface area (Å²) in [7, 11) is -2.40. The number of carbonyl (C=O) groups is 1. The van der Waals surface area contributed by atoms with Crippen LogP contribution in [-0.2, 0) is 27.7 Å². The summed E-state index contributed by atoms with van der Waals surface area (Å²) in [6.45, 7) is 1.78. The first-order chi connectivity index (χ1) is 16.4. The van der Waals surface area contributed by atoms with Crippen LogP contribution < -0.4 is 14.8 Å². The van der Waals surface area contributed by atoms with Crippen molar-refractivity contribution in [1.82, 2.24) is 10.0 Å². The van der Waals surface area contributed by atoms with Gasteiger partial charge in [-0.1, -0.05) is 54.6 Å². The molecule has 178 valence electrons.